The molecule has 2 atom stereocenters. The Morgan fingerprint density at radius 3 is 2.21 bits per heavy atom. The molecule has 0 aromatic heterocycles. The Morgan fingerprint density at radius 1 is 1.21 bits per heavy atom. The molecule has 0 rings (SSSR count). The first-order valence-electron chi connectivity index (χ1n) is 5.11. The average molecular weight is 212 g/mol. The van der Waals surface area contributed by atoms with Crippen LogP contribution in [0.1, 0.15) is 46.0 Å². The van der Waals surface area contributed by atoms with Crippen LogP contribution in [0.5, 0.6) is 0 Å². The number of hydrogen-bond donors (Lipinski definition) is 1. The molecule has 2 unspecified atom stereocenters. The van der Waals surface area contributed by atoms with E-state index in [1.807, 2.05) is 13.8 Å². The van der Waals surface area contributed by atoms with E-state index < -0.39 is 18.7 Å². The van der Waals surface area contributed by atoms with Crippen LogP contribution in [-0.4, -0.2) is 17.4 Å². The van der Waals surface area contributed by atoms with Gasteiger partial charge in [-0.3, -0.25) is 0 Å². The van der Waals surface area contributed by atoms with Crippen LogP contribution < -0.4 is 0 Å². The van der Waals surface area contributed by atoms with Crippen molar-refractivity contribution < 1.29 is 18.3 Å². The summed E-state index contributed by atoms with van der Waals surface area (Å²) >= 11 is 0. The van der Waals surface area contributed by atoms with E-state index in [1.54, 1.807) is 0 Å². The average Bonchev–Trinajstić information content (AvgIpc) is 2.02. The number of alkyl halides is 3. The summed E-state index contributed by atoms with van der Waals surface area (Å²) in [5.74, 6) is 0.105. The van der Waals surface area contributed by atoms with Crippen LogP contribution in [0.3, 0.4) is 0 Å². The maximum Gasteiger partial charge on any atom is 0.389 e. The summed E-state index contributed by atoms with van der Waals surface area (Å²) in [5.41, 5.74) is 0. The molecule has 0 aromatic carbocycles. The number of halogens is 3. The van der Waals surface area contributed by atoms with E-state index in [0.29, 0.717) is 0 Å². The first-order chi connectivity index (χ1) is 6.37. The molecule has 4 heteroatoms. The zero-order chi connectivity index (χ0) is 11.2. The Balaban J connectivity index is 3.58. The highest BCUT2D eigenvalue weighted by Crippen LogP contribution is 2.24. The number of hydrogen-bond acceptors (Lipinski definition) is 1. The molecule has 0 amide bonds. The molecule has 1 nitrogen and oxygen atoms in total. The molecule has 0 radical (unpaired) electrons. The second-order valence-corrected chi connectivity index (χ2v) is 3.84. The van der Waals surface area contributed by atoms with E-state index in [4.69, 9.17) is 0 Å². The van der Waals surface area contributed by atoms with Gasteiger partial charge in [-0.2, -0.15) is 13.2 Å². The zero-order valence-corrected chi connectivity index (χ0v) is 8.77. The molecule has 0 saturated heterocycles. The second-order valence-electron chi connectivity index (χ2n) is 3.84. The van der Waals surface area contributed by atoms with Gasteiger partial charge >= 0.3 is 6.18 Å². The first-order valence-corrected chi connectivity index (χ1v) is 5.11. The molecule has 0 spiro atoms. The van der Waals surface area contributed by atoms with Crippen LogP contribution in [-0.2, 0) is 0 Å². The van der Waals surface area contributed by atoms with Gasteiger partial charge in [-0.25, -0.2) is 0 Å². The molecule has 86 valence electrons. The van der Waals surface area contributed by atoms with Gasteiger partial charge in [0.25, 0.3) is 0 Å². The van der Waals surface area contributed by atoms with Gasteiger partial charge in [0, 0.05) is 6.42 Å². The van der Waals surface area contributed by atoms with Gasteiger partial charge in [-0.1, -0.05) is 20.3 Å². The van der Waals surface area contributed by atoms with Crippen molar-refractivity contribution in [2.24, 2.45) is 5.92 Å². The minimum Gasteiger partial charge on any atom is -0.393 e. The van der Waals surface area contributed by atoms with Crippen molar-refractivity contribution in [2.45, 2.75) is 58.2 Å². The van der Waals surface area contributed by atoms with Crippen LogP contribution in [0.15, 0.2) is 0 Å². The van der Waals surface area contributed by atoms with Crippen LogP contribution in [0.25, 0.3) is 0 Å². The number of aliphatic hydroxyl groups is 1. The predicted molar refractivity (Wildman–Crippen MR) is 50.0 cm³/mol. The lowest BCUT2D eigenvalue weighted by Gasteiger charge is -2.18. The van der Waals surface area contributed by atoms with E-state index in [-0.39, 0.29) is 18.8 Å². The Morgan fingerprint density at radius 2 is 1.79 bits per heavy atom. The lowest BCUT2D eigenvalue weighted by molar-refractivity contribution is -0.136. The third-order valence-electron chi connectivity index (χ3n) is 2.36. The highest BCUT2D eigenvalue weighted by atomic mass is 19.4. The van der Waals surface area contributed by atoms with Gasteiger partial charge in [0.05, 0.1) is 6.10 Å². The van der Waals surface area contributed by atoms with Crippen molar-refractivity contribution in [3.8, 4) is 0 Å². The lowest BCUT2D eigenvalue weighted by Crippen LogP contribution is -2.18. The molecule has 0 aromatic rings. The monoisotopic (exact) mass is 212 g/mol. The molecular weight excluding hydrogens is 193 g/mol. The van der Waals surface area contributed by atoms with E-state index in [9.17, 15) is 18.3 Å². The van der Waals surface area contributed by atoms with Crippen LogP contribution in [0, 0.1) is 5.92 Å². The summed E-state index contributed by atoms with van der Waals surface area (Å²) < 4.78 is 35.3. The van der Waals surface area contributed by atoms with Gasteiger partial charge in [0.15, 0.2) is 0 Å². The van der Waals surface area contributed by atoms with Gasteiger partial charge in [0.2, 0.25) is 0 Å². The van der Waals surface area contributed by atoms with Crippen molar-refractivity contribution in [3.63, 3.8) is 0 Å². The minimum absolute atomic E-state index is 0.0265. The molecule has 0 saturated carbocycles. The van der Waals surface area contributed by atoms with Crippen LogP contribution in [0.2, 0.25) is 0 Å². The summed E-state index contributed by atoms with van der Waals surface area (Å²) in [6.45, 7) is 3.88. The molecular formula is C10H19F3O. The summed E-state index contributed by atoms with van der Waals surface area (Å²) in [6.07, 6.45) is -3.36. The maximum atomic E-state index is 11.8. The lowest BCUT2D eigenvalue weighted by atomic mass is 9.95. The molecule has 1 N–H and O–H groups in total. The molecule has 0 aliphatic rings. The summed E-state index contributed by atoms with van der Waals surface area (Å²) in [4.78, 5) is 0. The fourth-order valence-electron chi connectivity index (χ4n) is 1.44. The van der Waals surface area contributed by atoms with Crippen molar-refractivity contribution in [2.75, 3.05) is 0 Å². The number of aliphatic hydroxyl groups excluding tert-OH is 1. The summed E-state index contributed by atoms with van der Waals surface area (Å²) in [6, 6.07) is 0. The van der Waals surface area contributed by atoms with E-state index in [1.165, 1.54) is 0 Å². The molecule has 0 aliphatic carbocycles. The van der Waals surface area contributed by atoms with Crippen LogP contribution in [0.4, 0.5) is 13.2 Å². The Kier molecular flexibility index (Phi) is 6.16. The third-order valence-corrected chi connectivity index (χ3v) is 2.36. The fourth-order valence-corrected chi connectivity index (χ4v) is 1.44. The standard InChI is InChI=1S/C10H19F3O/c1-3-5-8(2)9(14)6-4-7-10(11,12)13/h8-9,14H,3-7H2,1-2H3. The minimum atomic E-state index is -4.09. The topological polar surface area (TPSA) is 20.2 Å². The third kappa shape index (κ3) is 7.18. The summed E-state index contributed by atoms with van der Waals surface area (Å²) in [5, 5.41) is 9.48. The van der Waals surface area contributed by atoms with Gasteiger partial charge in [0.1, 0.15) is 0 Å². The predicted octanol–water partition coefficient (Wildman–Crippen LogP) is 3.52. The van der Waals surface area contributed by atoms with E-state index in [2.05, 4.69) is 0 Å². The smallest absolute Gasteiger partial charge is 0.389 e. The van der Waals surface area contributed by atoms with Gasteiger partial charge < -0.3 is 5.11 Å². The highest BCUT2D eigenvalue weighted by molar-refractivity contribution is 4.65. The molecule has 14 heavy (non-hydrogen) atoms. The van der Waals surface area contributed by atoms with Crippen molar-refractivity contribution in [1.82, 2.24) is 0 Å². The molecule has 0 fully saturated rings. The summed E-state index contributed by atoms with van der Waals surface area (Å²) in [7, 11) is 0. The Hall–Kier alpha value is -0.250. The fraction of sp³-hybridized carbons (Fsp3) is 1.00. The van der Waals surface area contributed by atoms with Crippen LogP contribution >= 0.6 is 0 Å². The second kappa shape index (κ2) is 6.27. The SMILES string of the molecule is CCCC(C)C(O)CCCC(F)(F)F. The van der Waals surface area contributed by atoms with Crippen molar-refractivity contribution in [3.05, 3.63) is 0 Å². The zero-order valence-electron chi connectivity index (χ0n) is 8.77. The Labute approximate surface area is 83.3 Å². The van der Waals surface area contributed by atoms with Gasteiger partial charge in [-0.05, 0) is 25.2 Å². The Bertz CT molecular complexity index is 145. The normalized spacial score (nSPS) is 16.7. The highest BCUT2D eigenvalue weighted by Gasteiger charge is 2.27. The molecule has 0 aliphatic heterocycles. The molecule has 0 heterocycles. The number of rotatable bonds is 6. The van der Waals surface area contributed by atoms with Crippen molar-refractivity contribution >= 4 is 0 Å². The first kappa shape index (κ1) is 13.8. The quantitative estimate of drug-likeness (QED) is 0.714. The largest absolute Gasteiger partial charge is 0.393 e. The van der Waals surface area contributed by atoms with Gasteiger partial charge in [-0.15, -0.1) is 0 Å². The van der Waals surface area contributed by atoms with E-state index >= 15 is 0 Å². The van der Waals surface area contributed by atoms with Crippen molar-refractivity contribution in [1.29, 1.82) is 0 Å². The molecule has 0 bridgehead atoms. The maximum absolute atomic E-state index is 11.8. The van der Waals surface area contributed by atoms with E-state index in [0.717, 1.165) is 12.8 Å².